The molecule has 8 heteroatoms. The molecule has 2 aromatic rings. The number of hydrogen-bond acceptors (Lipinski definition) is 4. The molecular formula is C16H15F3N2O3. The molecule has 0 amide bonds. The Bertz CT molecular complexity index is 688. The van der Waals surface area contributed by atoms with E-state index in [-0.39, 0.29) is 12.2 Å². The van der Waals surface area contributed by atoms with Crippen LogP contribution >= 0.6 is 0 Å². The summed E-state index contributed by atoms with van der Waals surface area (Å²) in [5, 5.41) is 11.8. The van der Waals surface area contributed by atoms with Crippen LogP contribution in [0.5, 0.6) is 5.88 Å². The molecule has 24 heavy (non-hydrogen) atoms. The van der Waals surface area contributed by atoms with Crippen LogP contribution < -0.4 is 10.1 Å². The van der Waals surface area contributed by atoms with Gasteiger partial charge in [0.05, 0.1) is 5.56 Å². The van der Waals surface area contributed by atoms with Crippen molar-refractivity contribution < 1.29 is 27.8 Å². The lowest BCUT2D eigenvalue weighted by molar-refractivity contribution is -0.139. The Kier molecular flexibility index (Phi) is 5.75. The average Bonchev–Trinajstić information content (AvgIpc) is 2.54. The third-order valence-electron chi connectivity index (χ3n) is 3.12. The number of ether oxygens (including phenoxy) is 1. The summed E-state index contributed by atoms with van der Waals surface area (Å²) in [6.07, 6.45) is -3.27. The summed E-state index contributed by atoms with van der Waals surface area (Å²) < 4.78 is 43.4. The SMILES string of the molecule is O=C(O)c1ccc(CNCCOc2ncccc2C(F)(F)F)cc1. The Morgan fingerprint density at radius 2 is 1.92 bits per heavy atom. The molecule has 0 spiro atoms. The highest BCUT2D eigenvalue weighted by molar-refractivity contribution is 5.87. The number of halogens is 3. The van der Waals surface area contributed by atoms with Gasteiger partial charge in [0.25, 0.3) is 0 Å². The molecule has 128 valence electrons. The lowest BCUT2D eigenvalue weighted by atomic mass is 10.1. The van der Waals surface area contributed by atoms with E-state index in [0.717, 1.165) is 11.6 Å². The van der Waals surface area contributed by atoms with E-state index in [4.69, 9.17) is 9.84 Å². The number of hydrogen-bond donors (Lipinski definition) is 2. The molecule has 0 aliphatic carbocycles. The molecule has 0 saturated carbocycles. The number of carbonyl (C=O) groups is 1. The predicted octanol–water partition coefficient (Wildman–Crippen LogP) is 2.97. The molecule has 5 nitrogen and oxygen atoms in total. The highest BCUT2D eigenvalue weighted by atomic mass is 19.4. The molecule has 0 unspecified atom stereocenters. The second-order valence-corrected chi connectivity index (χ2v) is 4.88. The number of pyridine rings is 1. The number of carboxylic acids is 1. The van der Waals surface area contributed by atoms with Gasteiger partial charge in [-0.15, -0.1) is 0 Å². The van der Waals surface area contributed by atoms with Gasteiger partial charge in [0.15, 0.2) is 0 Å². The monoisotopic (exact) mass is 340 g/mol. The molecule has 0 fully saturated rings. The molecule has 0 saturated heterocycles. The van der Waals surface area contributed by atoms with Crippen molar-refractivity contribution in [1.82, 2.24) is 10.3 Å². The van der Waals surface area contributed by atoms with Crippen LogP contribution in [-0.2, 0) is 12.7 Å². The first kappa shape index (κ1) is 17.7. The van der Waals surface area contributed by atoms with Crippen LogP contribution in [0.1, 0.15) is 21.5 Å². The number of aromatic carboxylic acids is 1. The van der Waals surface area contributed by atoms with Crippen molar-refractivity contribution in [2.45, 2.75) is 12.7 Å². The van der Waals surface area contributed by atoms with E-state index in [1.54, 1.807) is 12.1 Å². The molecule has 2 rings (SSSR count). The van der Waals surface area contributed by atoms with Gasteiger partial charge >= 0.3 is 12.1 Å². The third-order valence-corrected chi connectivity index (χ3v) is 3.12. The molecule has 0 atom stereocenters. The Morgan fingerprint density at radius 1 is 1.21 bits per heavy atom. The molecule has 1 aromatic heterocycles. The normalized spacial score (nSPS) is 11.3. The average molecular weight is 340 g/mol. The Balaban J connectivity index is 1.79. The Morgan fingerprint density at radius 3 is 2.54 bits per heavy atom. The maximum Gasteiger partial charge on any atom is 0.421 e. The fourth-order valence-corrected chi connectivity index (χ4v) is 1.94. The smallest absolute Gasteiger partial charge is 0.421 e. The van der Waals surface area contributed by atoms with Crippen molar-refractivity contribution in [2.24, 2.45) is 0 Å². The van der Waals surface area contributed by atoms with Crippen molar-refractivity contribution in [1.29, 1.82) is 0 Å². The predicted molar refractivity (Wildman–Crippen MR) is 79.8 cm³/mol. The van der Waals surface area contributed by atoms with E-state index in [2.05, 4.69) is 10.3 Å². The second kappa shape index (κ2) is 7.78. The minimum Gasteiger partial charge on any atom is -0.478 e. The maximum absolute atomic E-state index is 12.8. The fraction of sp³-hybridized carbons (Fsp3) is 0.250. The van der Waals surface area contributed by atoms with Crippen LogP contribution in [0.25, 0.3) is 0 Å². The summed E-state index contributed by atoms with van der Waals surface area (Å²) in [5.74, 6) is -1.45. The van der Waals surface area contributed by atoms with Crippen molar-refractivity contribution >= 4 is 5.97 Å². The van der Waals surface area contributed by atoms with Gasteiger partial charge in [-0.2, -0.15) is 13.2 Å². The van der Waals surface area contributed by atoms with E-state index in [1.165, 1.54) is 24.4 Å². The van der Waals surface area contributed by atoms with Gasteiger partial charge in [-0.3, -0.25) is 0 Å². The van der Waals surface area contributed by atoms with E-state index >= 15 is 0 Å². The number of benzene rings is 1. The van der Waals surface area contributed by atoms with Gasteiger partial charge in [-0.1, -0.05) is 12.1 Å². The highest BCUT2D eigenvalue weighted by Gasteiger charge is 2.34. The summed E-state index contributed by atoms with van der Waals surface area (Å²) in [6, 6.07) is 8.42. The van der Waals surface area contributed by atoms with Crippen molar-refractivity contribution in [2.75, 3.05) is 13.2 Å². The number of nitrogens with one attached hydrogen (secondary N) is 1. The Labute approximate surface area is 136 Å². The zero-order chi connectivity index (χ0) is 17.6. The van der Waals surface area contributed by atoms with Crippen LogP contribution in [0.4, 0.5) is 13.2 Å². The van der Waals surface area contributed by atoms with Crippen LogP contribution in [0.2, 0.25) is 0 Å². The third kappa shape index (κ3) is 4.95. The van der Waals surface area contributed by atoms with Crippen LogP contribution in [0.15, 0.2) is 42.6 Å². The van der Waals surface area contributed by atoms with E-state index < -0.39 is 23.6 Å². The van der Waals surface area contributed by atoms with Crippen LogP contribution in [0.3, 0.4) is 0 Å². The number of carboxylic acid groups (broad SMARTS) is 1. The minimum absolute atomic E-state index is 0.0211. The number of aromatic nitrogens is 1. The van der Waals surface area contributed by atoms with Gasteiger partial charge in [0.2, 0.25) is 5.88 Å². The number of nitrogens with zero attached hydrogens (tertiary/aromatic N) is 1. The lowest BCUT2D eigenvalue weighted by Gasteiger charge is -2.12. The summed E-state index contributed by atoms with van der Waals surface area (Å²) in [7, 11) is 0. The van der Waals surface area contributed by atoms with Gasteiger partial charge in [-0.25, -0.2) is 9.78 Å². The van der Waals surface area contributed by atoms with Crippen LogP contribution in [0, 0.1) is 0 Å². The first-order valence-electron chi connectivity index (χ1n) is 7.06. The first-order chi connectivity index (χ1) is 11.4. The van der Waals surface area contributed by atoms with E-state index in [9.17, 15) is 18.0 Å². The number of rotatable bonds is 7. The summed E-state index contributed by atoms with van der Waals surface area (Å²) in [6.45, 7) is 0.777. The minimum atomic E-state index is -4.51. The van der Waals surface area contributed by atoms with Crippen molar-refractivity contribution in [3.8, 4) is 5.88 Å². The number of alkyl halides is 3. The van der Waals surface area contributed by atoms with E-state index in [1.807, 2.05) is 0 Å². The highest BCUT2D eigenvalue weighted by Crippen LogP contribution is 2.34. The summed E-state index contributed by atoms with van der Waals surface area (Å²) in [5.41, 5.74) is 0.139. The van der Waals surface area contributed by atoms with Crippen LogP contribution in [-0.4, -0.2) is 29.2 Å². The molecular weight excluding hydrogens is 325 g/mol. The molecule has 0 radical (unpaired) electrons. The topological polar surface area (TPSA) is 71.5 Å². The van der Waals surface area contributed by atoms with Crippen molar-refractivity contribution in [3.05, 3.63) is 59.3 Å². The molecule has 0 aliphatic heterocycles. The molecule has 2 N–H and O–H groups in total. The van der Waals surface area contributed by atoms with Gasteiger partial charge in [0, 0.05) is 19.3 Å². The summed E-state index contributed by atoms with van der Waals surface area (Å²) in [4.78, 5) is 14.3. The zero-order valence-electron chi connectivity index (χ0n) is 12.5. The first-order valence-corrected chi connectivity index (χ1v) is 7.06. The molecule has 1 aromatic carbocycles. The van der Waals surface area contributed by atoms with Crippen molar-refractivity contribution in [3.63, 3.8) is 0 Å². The summed E-state index contributed by atoms with van der Waals surface area (Å²) >= 11 is 0. The second-order valence-electron chi connectivity index (χ2n) is 4.88. The Hall–Kier alpha value is -2.61. The van der Waals surface area contributed by atoms with E-state index in [0.29, 0.717) is 13.1 Å². The van der Waals surface area contributed by atoms with Gasteiger partial charge < -0.3 is 15.2 Å². The fourth-order valence-electron chi connectivity index (χ4n) is 1.94. The molecule has 0 aliphatic rings. The molecule has 1 heterocycles. The largest absolute Gasteiger partial charge is 0.478 e. The van der Waals surface area contributed by atoms with Gasteiger partial charge in [-0.05, 0) is 29.8 Å². The standard InChI is InChI=1S/C16H15F3N2O3/c17-16(18,19)13-2-1-7-21-14(13)24-9-8-20-10-11-3-5-12(6-4-11)15(22)23/h1-7,20H,8-10H2,(H,22,23). The quantitative estimate of drug-likeness (QED) is 0.758. The zero-order valence-corrected chi connectivity index (χ0v) is 12.5. The molecule has 0 bridgehead atoms. The lowest BCUT2D eigenvalue weighted by Crippen LogP contribution is -2.21. The van der Waals surface area contributed by atoms with Gasteiger partial charge in [0.1, 0.15) is 12.2 Å². The maximum atomic E-state index is 12.8.